The molecule has 1 atom stereocenters. The second kappa shape index (κ2) is 7.43. The van der Waals surface area contributed by atoms with Crippen molar-refractivity contribution in [2.45, 2.75) is 45.2 Å². The lowest BCUT2D eigenvalue weighted by atomic mass is 9.89. The van der Waals surface area contributed by atoms with Crippen LogP contribution < -0.4 is 5.32 Å². The van der Waals surface area contributed by atoms with Gasteiger partial charge in [0.05, 0.1) is 12.6 Å². The third-order valence-corrected chi connectivity index (χ3v) is 5.01. The first-order valence-corrected chi connectivity index (χ1v) is 9.20. The van der Waals surface area contributed by atoms with Crippen molar-refractivity contribution in [1.82, 2.24) is 10.2 Å². The van der Waals surface area contributed by atoms with E-state index in [0.29, 0.717) is 11.2 Å². The highest BCUT2D eigenvalue weighted by Gasteiger charge is 2.17. The number of nitrogens with one attached hydrogen (secondary N) is 1. The summed E-state index contributed by atoms with van der Waals surface area (Å²) in [4.78, 5) is 14.0. The summed E-state index contributed by atoms with van der Waals surface area (Å²) in [6, 6.07) is 10.2. The highest BCUT2D eigenvalue weighted by molar-refractivity contribution is 9.10. The van der Waals surface area contributed by atoms with Gasteiger partial charge in [-0.25, -0.2) is 4.79 Å². The summed E-state index contributed by atoms with van der Waals surface area (Å²) in [5, 5.41) is 3.06. The molecule has 0 fully saturated rings. The number of hydrogen-bond acceptors (Lipinski definition) is 2. The molecule has 0 radical (unpaired) electrons. The fraction of sp³-hybridized carbons (Fsp3) is 0.421. The Morgan fingerprint density at radius 2 is 2.00 bits per heavy atom. The Morgan fingerprint density at radius 3 is 2.71 bits per heavy atom. The molecule has 1 unspecified atom stereocenters. The minimum absolute atomic E-state index is 0.0180. The minimum atomic E-state index is -0.104. The number of amides is 2. The number of nitrogens with zero attached hydrogens (tertiary/aromatic N) is 1. The van der Waals surface area contributed by atoms with Crippen molar-refractivity contribution in [3.63, 3.8) is 0 Å². The molecule has 0 saturated heterocycles. The molecule has 24 heavy (non-hydrogen) atoms. The molecule has 1 aromatic heterocycles. The average Bonchev–Trinajstić information content (AvgIpc) is 2.99. The molecule has 2 amide bonds. The number of carbonyl (C=O) groups is 1. The number of urea groups is 1. The Hall–Kier alpha value is -1.75. The largest absolute Gasteiger partial charge is 0.452 e. The van der Waals surface area contributed by atoms with Gasteiger partial charge >= 0.3 is 6.03 Å². The van der Waals surface area contributed by atoms with E-state index in [0.717, 1.165) is 17.7 Å². The van der Waals surface area contributed by atoms with Gasteiger partial charge in [0.15, 0.2) is 4.67 Å². The highest BCUT2D eigenvalue weighted by Crippen LogP contribution is 2.25. The van der Waals surface area contributed by atoms with Crippen LogP contribution in [0, 0.1) is 0 Å². The fourth-order valence-corrected chi connectivity index (χ4v) is 3.48. The van der Waals surface area contributed by atoms with E-state index in [2.05, 4.69) is 39.4 Å². The van der Waals surface area contributed by atoms with E-state index in [9.17, 15) is 4.79 Å². The first kappa shape index (κ1) is 17.1. The normalized spacial score (nSPS) is 14.8. The molecule has 0 bridgehead atoms. The minimum Gasteiger partial charge on any atom is -0.452 e. The van der Waals surface area contributed by atoms with Gasteiger partial charge in [-0.15, -0.1) is 0 Å². The molecule has 1 aliphatic rings. The predicted octanol–water partition coefficient (Wildman–Crippen LogP) is 4.82. The first-order chi connectivity index (χ1) is 11.5. The number of benzene rings is 1. The summed E-state index contributed by atoms with van der Waals surface area (Å²) >= 11 is 3.27. The van der Waals surface area contributed by atoms with E-state index in [-0.39, 0.29) is 12.1 Å². The zero-order valence-electron chi connectivity index (χ0n) is 14.1. The summed E-state index contributed by atoms with van der Waals surface area (Å²) < 4.78 is 6.13. The van der Waals surface area contributed by atoms with Gasteiger partial charge in [-0.2, -0.15) is 0 Å². The third kappa shape index (κ3) is 4.01. The van der Waals surface area contributed by atoms with Crippen LogP contribution in [0.1, 0.15) is 48.3 Å². The molecule has 1 aliphatic carbocycles. The third-order valence-electron chi connectivity index (χ3n) is 4.58. The number of fused-ring (bicyclic) bond motifs is 1. The molecule has 128 valence electrons. The summed E-state index contributed by atoms with van der Waals surface area (Å²) in [7, 11) is 1.77. The van der Waals surface area contributed by atoms with Crippen molar-refractivity contribution in [3.8, 4) is 0 Å². The van der Waals surface area contributed by atoms with Gasteiger partial charge in [0.1, 0.15) is 5.76 Å². The lowest BCUT2D eigenvalue weighted by molar-refractivity contribution is 0.199. The molecule has 0 aliphatic heterocycles. The molecule has 1 N–H and O–H groups in total. The summed E-state index contributed by atoms with van der Waals surface area (Å²) in [5.74, 6) is 0.751. The summed E-state index contributed by atoms with van der Waals surface area (Å²) in [6.07, 6.45) is 4.87. The van der Waals surface area contributed by atoms with E-state index in [1.807, 2.05) is 19.1 Å². The molecule has 4 nitrogen and oxygen atoms in total. The zero-order valence-corrected chi connectivity index (χ0v) is 15.7. The van der Waals surface area contributed by atoms with Gasteiger partial charge in [-0.05, 0) is 77.4 Å². The van der Waals surface area contributed by atoms with Crippen molar-refractivity contribution in [2.24, 2.45) is 0 Å². The molecule has 2 aromatic rings. The van der Waals surface area contributed by atoms with E-state index >= 15 is 0 Å². The van der Waals surface area contributed by atoms with Crippen LogP contribution in [0.2, 0.25) is 0 Å². The molecule has 0 saturated carbocycles. The number of aryl methyl sites for hydroxylation is 2. The van der Waals surface area contributed by atoms with Crippen LogP contribution in [-0.4, -0.2) is 18.0 Å². The molecule has 3 rings (SSSR count). The van der Waals surface area contributed by atoms with Gasteiger partial charge in [0, 0.05) is 7.05 Å². The van der Waals surface area contributed by atoms with Crippen LogP contribution in [0.4, 0.5) is 4.79 Å². The van der Waals surface area contributed by atoms with Crippen LogP contribution >= 0.6 is 15.9 Å². The molecular weight excluding hydrogens is 368 g/mol. The smallest absolute Gasteiger partial charge is 0.318 e. The standard InChI is InChI=1S/C19H23BrN2O2/c1-13(15-8-7-14-5-3-4-6-16(14)11-15)21-19(23)22(2)12-17-9-10-18(20)24-17/h7-11,13H,3-6,12H2,1-2H3,(H,21,23). The maximum absolute atomic E-state index is 12.4. The highest BCUT2D eigenvalue weighted by atomic mass is 79.9. The topological polar surface area (TPSA) is 45.5 Å². The molecule has 5 heteroatoms. The Kier molecular flexibility index (Phi) is 5.29. The predicted molar refractivity (Wildman–Crippen MR) is 97.9 cm³/mol. The van der Waals surface area contributed by atoms with Crippen LogP contribution in [0.25, 0.3) is 0 Å². The van der Waals surface area contributed by atoms with Crippen molar-refractivity contribution < 1.29 is 9.21 Å². The number of hydrogen-bond donors (Lipinski definition) is 1. The van der Waals surface area contributed by atoms with Crippen LogP contribution in [0.3, 0.4) is 0 Å². The van der Waals surface area contributed by atoms with E-state index < -0.39 is 0 Å². The maximum atomic E-state index is 12.4. The second-order valence-corrected chi connectivity index (χ2v) is 7.25. The summed E-state index contributed by atoms with van der Waals surface area (Å²) in [5.41, 5.74) is 4.07. The average molecular weight is 391 g/mol. The lowest BCUT2D eigenvalue weighted by Gasteiger charge is -2.23. The number of carbonyl (C=O) groups excluding carboxylic acids is 1. The van der Waals surface area contributed by atoms with Gasteiger partial charge in [0.2, 0.25) is 0 Å². The molecule has 1 heterocycles. The fourth-order valence-electron chi connectivity index (χ4n) is 3.14. The van der Waals surface area contributed by atoms with Crippen molar-refractivity contribution in [3.05, 3.63) is 57.5 Å². The zero-order chi connectivity index (χ0) is 17.1. The summed E-state index contributed by atoms with van der Waals surface area (Å²) in [6.45, 7) is 2.47. The van der Waals surface area contributed by atoms with Crippen LogP contribution in [-0.2, 0) is 19.4 Å². The van der Waals surface area contributed by atoms with Gasteiger partial charge in [-0.3, -0.25) is 0 Å². The monoisotopic (exact) mass is 390 g/mol. The second-order valence-electron chi connectivity index (χ2n) is 6.47. The van der Waals surface area contributed by atoms with Crippen molar-refractivity contribution >= 4 is 22.0 Å². The number of halogens is 1. The van der Waals surface area contributed by atoms with Crippen molar-refractivity contribution in [1.29, 1.82) is 0 Å². The quantitative estimate of drug-likeness (QED) is 0.812. The molecular formula is C19H23BrN2O2. The number of furan rings is 1. The van der Waals surface area contributed by atoms with E-state index in [1.54, 1.807) is 11.9 Å². The Morgan fingerprint density at radius 1 is 1.25 bits per heavy atom. The number of rotatable bonds is 4. The molecule has 0 spiro atoms. The van der Waals surface area contributed by atoms with Crippen molar-refractivity contribution in [2.75, 3.05) is 7.05 Å². The Labute approximate surface area is 151 Å². The Bertz CT molecular complexity index is 726. The van der Waals surface area contributed by atoms with E-state index in [4.69, 9.17) is 4.42 Å². The van der Waals surface area contributed by atoms with Gasteiger partial charge in [0.25, 0.3) is 0 Å². The van der Waals surface area contributed by atoms with Crippen LogP contribution in [0.15, 0.2) is 39.4 Å². The van der Waals surface area contributed by atoms with Gasteiger partial charge < -0.3 is 14.6 Å². The van der Waals surface area contributed by atoms with Crippen LogP contribution in [0.5, 0.6) is 0 Å². The Balaban J connectivity index is 1.61. The molecule has 1 aromatic carbocycles. The van der Waals surface area contributed by atoms with E-state index in [1.165, 1.54) is 30.4 Å². The first-order valence-electron chi connectivity index (χ1n) is 8.40. The SMILES string of the molecule is CC(NC(=O)N(C)Cc1ccc(Br)o1)c1ccc2c(c1)CCCC2. The maximum Gasteiger partial charge on any atom is 0.318 e. The lowest BCUT2D eigenvalue weighted by Crippen LogP contribution is -2.38. The van der Waals surface area contributed by atoms with Gasteiger partial charge in [-0.1, -0.05) is 18.2 Å².